The Kier molecular flexibility index (Phi) is 7.36. The van der Waals surface area contributed by atoms with Crippen LogP contribution in [-0.4, -0.2) is 39.6 Å². The van der Waals surface area contributed by atoms with Crippen LogP contribution in [0.25, 0.3) is 0 Å². The minimum Gasteiger partial charge on any atom is -0.492 e. The molecule has 0 saturated heterocycles. The van der Waals surface area contributed by atoms with E-state index in [0.29, 0.717) is 30.7 Å². The Hall–Kier alpha value is -0.760. The molecule has 0 bridgehead atoms. The van der Waals surface area contributed by atoms with Crippen LogP contribution in [0.4, 0.5) is 0 Å². The van der Waals surface area contributed by atoms with Gasteiger partial charge < -0.3 is 10.5 Å². The van der Waals surface area contributed by atoms with Crippen molar-refractivity contribution in [1.29, 1.82) is 0 Å². The Morgan fingerprint density at radius 1 is 1.35 bits per heavy atom. The van der Waals surface area contributed by atoms with Crippen LogP contribution in [0.1, 0.15) is 13.3 Å². The van der Waals surface area contributed by atoms with E-state index in [9.17, 15) is 8.42 Å². The van der Waals surface area contributed by atoms with Crippen molar-refractivity contribution in [3.63, 3.8) is 0 Å². The first-order chi connectivity index (χ1) is 9.49. The molecule has 0 aliphatic rings. The first-order valence-corrected chi connectivity index (χ1v) is 9.22. The molecule has 20 heavy (non-hydrogen) atoms. The molecule has 1 unspecified atom stereocenters. The second kappa shape index (κ2) is 8.51. The molecule has 114 valence electrons. The van der Waals surface area contributed by atoms with Gasteiger partial charge in [-0.05, 0) is 36.9 Å². The van der Waals surface area contributed by atoms with E-state index in [1.54, 1.807) is 23.9 Å². The summed E-state index contributed by atoms with van der Waals surface area (Å²) in [7, 11) is -3.44. The molecule has 3 N–H and O–H groups in total. The van der Waals surface area contributed by atoms with Gasteiger partial charge in [0, 0.05) is 18.3 Å². The largest absolute Gasteiger partial charge is 0.492 e. The zero-order valence-electron chi connectivity index (χ0n) is 11.8. The van der Waals surface area contributed by atoms with Crippen LogP contribution in [0, 0.1) is 0 Å². The quantitative estimate of drug-likeness (QED) is 0.720. The van der Waals surface area contributed by atoms with Crippen LogP contribution >= 0.6 is 11.8 Å². The Labute approximate surface area is 125 Å². The third-order valence-corrected chi connectivity index (χ3v) is 5.28. The summed E-state index contributed by atoms with van der Waals surface area (Å²) in [4.78, 5) is 0.245. The van der Waals surface area contributed by atoms with E-state index in [-0.39, 0.29) is 4.90 Å². The van der Waals surface area contributed by atoms with Crippen molar-refractivity contribution in [3.05, 3.63) is 24.3 Å². The molecule has 0 spiro atoms. The standard InChI is InChI=1S/C13H22N2O3S2/c1-11(19-2)7-9-15-20(16,17)13-5-3-12(4-6-13)18-10-8-14/h3-6,11,15H,7-10,14H2,1-2H3. The molecule has 7 heteroatoms. The summed E-state index contributed by atoms with van der Waals surface area (Å²) in [5, 5.41) is 0.435. The highest BCUT2D eigenvalue weighted by Crippen LogP contribution is 2.16. The third-order valence-electron chi connectivity index (χ3n) is 2.77. The Bertz CT molecular complexity index is 489. The molecule has 5 nitrogen and oxygen atoms in total. The topological polar surface area (TPSA) is 81.4 Å². The number of sulfonamides is 1. The fourth-order valence-electron chi connectivity index (χ4n) is 1.49. The van der Waals surface area contributed by atoms with Crippen molar-refractivity contribution >= 4 is 21.8 Å². The van der Waals surface area contributed by atoms with Gasteiger partial charge >= 0.3 is 0 Å². The second-order valence-corrected chi connectivity index (χ2v) is 7.38. The highest BCUT2D eigenvalue weighted by atomic mass is 32.2. The molecule has 0 heterocycles. The van der Waals surface area contributed by atoms with Gasteiger partial charge in [-0.25, -0.2) is 13.1 Å². The van der Waals surface area contributed by atoms with Crippen LogP contribution < -0.4 is 15.2 Å². The van der Waals surface area contributed by atoms with Crippen LogP contribution in [0.5, 0.6) is 5.75 Å². The summed E-state index contributed by atoms with van der Waals surface area (Å²) < 4.78 is 32.0. The average Bonchev–Trinajstić information content (AvgIpc) is 2.45. The van der Waals surface area contributed by atoms with Gasteiger partial charge in [0.15, 0.2) is 0 Å². The predicted molar refractivity (Wildman–Crippen MR) is 83.8 cm³/mol. The van der Waals surface area contributed by atoms with E-state index in [1.807, 2.05) is 6.26 Å². The molecular weight excluding hydrogens is 296 g/mol. The van der Waals surface area contributed by atoms with Crippen molar-refractivity contribution < 1.29 is 13.2 Å². The lowest BCUT2D eigenvalue weighted by Crippen LogP contribution is -2.26. The van der Waals surface area contributed by atoms with E-state index in [0.717, 1.165) is 6.42 Å². The molecule has 1 aromatic carbocycles. The average molecular weight is 318 g/mol. The lowest BCUT2D eigenvalue weighted by molar-refractivity contribution is 0.328. The molecule has 0 aromatic heterocycles. The zero-order chi connectivity index (χ0) is 15.0. The third kappa shape index (κ3) is 5.70. The first kappa shape index (κ1) is 17.3. The summed E-state index contributed by atoms with van der Waals surface area (Å²) in [6.07, 6.45) is 2.82. The molecule has 0 saturated carbocycles. The van der Waals surface area contributed by atoms with E-state index in [4.69, 9.17) is 10.5 Å². The van der Waals surface area contributed by atoms with Crippen molar-refractivity contribution in [2.45, 2.75) is 23.5 Å². The Morgan fingerprint density at radius 2 is 2.00 bits per heavy atom. The Morgan fingerprint density at radius 3 is 2.55 bits per heavy atom. The number of ether oxygens (including phenoxy) is 1. The molecular formula is C13H22N2O3S2. The molecule has 1 atom stereocenters. The van der Waals surface area contributed by atoms with E-state index in [2.05, 4.69) is 11.6 Å². The number of rotatable bonds is 9. The van der Waals surface area contributed by atoms with Gasteiger partial charge in [0.1, 0.15) is 12.4 Å². The summed E-state index contributed by atoms with van der Waals surface area (Å²) >= 11 is 1.72. The molecule has 1 rings (SSSR count). The van der Waals surface area contributed by atoms with Crippen molar-refractivity contribution in [3.8, 4) is 5.75 Å². The van der Waals surface area contributed by atoms with Crippen molar-refractivity contribution in [1.82, 2.24) is 4.72 Å². The molecule has 0 aliphatic carbocycles. The summed E-state index contributed by atoms with van der Waals surface area (Å²) in [6.45, 7) is 3.35. The van der Waals surface area contributed by atoms with Crippen LogP contribution in [0.15, 0.2) is 29.2 Å². The van der Waals surface area contributed by atoms with Gasteiger partial charge in [-0.15, -0.1) is 0 Å². The van der Waals surface area contributed by atoms with Gasteiger partial charge in [0.05, 0.1) is 4.90 Å². The van der Waals surface area contributed by atoms with Crippen molar-refractivity contribution in [2.24, 2.45) is 5.73 Å². The number of nitrogens with two attached hydrogens (primary N) is 1. The fourth-order valence-corrected chi connectivity index (χ4v) is 2.89. The van der Waals surface area contributed by atoms with E-state index in [1.165, 1.54) is 12.1 Å². The zero-order valence-corrected chi connectivity index (χ0v) is 13.5. The minimum absolute atomic E-state index is 0.245. The van der Waals surface area contributed by atoms with E-state index >= 15 is 0 Å². The van der Waals surface area contributed by atoms with Crippen LogP contribution in [0.2, 0.25) is 0 Å². The SMILES string of the molecule is CSC(C)CCNS(=O)(=O)c1ccc(OCCN)cc1. The summed E-state index contributed by atoms with van der Waals surface area (Å²) in [5.41, 5.74) is 5.33. The van der Waals surface area contributed by atoms with Crippen LogP contribution in [0.3, 0.4) is 0 Å². The fraction of sp³-hybridized carbons (Fsp3) is 0.538. The van der Waals surface area contributed by atoms with E-state index < -0.39 is 10.0 Å². The lowest BCUT2D eigenvalue weighted by atomic mass is 10.3. The number of hydrogen-bond acceptors (Lipinski definition) is 5. The van der Waals surface area contributed by atoms with Crippen molar-refractivity contribution in [2.75, 3.05) is 26.0 Å². The summed E-state index contributed by atoms with van der Waals surface area (Å²) in [6, 6.07) is 6.34. The number of hydrogen-bond donors (Lipinski definition) is 2. The summed E-state index contributed by atoms with van der Waals surface area (Å²) in [5.74, 6) is 0.616. The van der Waals surface area contributed by atoms with Gasteiger partial charge in [0.25, 0.3) is 0 Å². The molecule has 0 radical (unpaired) electrons. The maximum Gasteiger partial charge on any atom is 0.240 e. The number of thioether (sulfide) groups is 1. The van der Waals surface area contributed by atoms with Gasteiger partial charge in [0.2, 0.25) is 10.0 Å². The maximum absolute atomic E-state index is 12.0. The number of nitrogens with one attached hydrogen (secondary N) is 1. The first-order valence-electron chi connectivity index (χ1n) is 6.45. The van der Waals surface area contributed by atoms with Gasteiger partial charge in [-0.2, -0.15) is 11.8 Å². The maximum atomic E-state index is 12.0. The van der Waals surface area contributed by atoms with Crippen LogP contribution in [-0.2, 0) is 10.0 Å². The monoisotopic (exact) mass is 318 g/mol. The molecule has 0 aliphatic heterocycles. The Balaban J connectivity index is 2.58. The minimum atomic E-state index is -3.44. The lowest BCUT2D eigenvalue weighted by Gasteiger charge is -2.10. The molecule has 1 aromatic rings. The van der Waals surface area contributed by atoms with Gasteiger partial charge in [-0.1, -0.05) is 6.92 Å². The molecule has 0 amide bonds. The highest BCUT2D eigenvalue weighted by molar-refractivity contribution is 7.99. The smallest absolute Gasteiger partial charge is 0.240 e. The molecule has 0 fully saturated rings. The predicted octanol–water partition coefficient (Wildman–Crippen LogP) is 1.44. The van der Waals surface area contributed by atoms with Gasteiger partial charge in [-0.3, -0.25) is 0 Å². The highest BCUT2D eigenvalue weighted by Gasteiger charge is 2.13. The number of benzene rings is 1. The second-order valence-electron chi connectivity index (χ2n) is 4.34. The normalized spacial score (nSPS) is 13.2.